The number of carbonyl (C=O) groups is 1. The highest BCUT2D eigenvalue weighted by atomic mass is 16.5. The number of nitrogens with zero attached hydrogens (tertiary/aromatic N) is 3. The van der Waals surface area contributed by atoms with Crippen molar-refractivity contribution in [1.82, 2.24) is 15.0 Å². The van der Waals surface area contributed by atoms with E-state index in [0.717, 1.165) is 37.2 Å². The Morgan fingerprint density at radius 2 is 2.17 bits per heavy atom. The Morgan fingerprint density at radius 3 is 2.83 bits per heavy atom. The van der Waals surface area contributed by atoms with Gasteiger partial charge in [0, 0.05) is 12.3 Å². The Labute approximate surface area is 134 Å². The first-order valence-corrected chi connectivity index (χ1v) is 7.78. The quantitative estimate of drug-likeness (QED) is 0.875. The minimum Gasteiger partial charge on any atom is -0.390 e. The molecule has 0 radical (unpaired) electrons. The number of aliphatic hydroxyl groups excluding tert-OH is 1. The number of hydrogen-bond acceptors (Lipinski definition) is 5. The molecule has 0 spiro atoms. The lowest BCUT2D eigenvalue weighted by Gasteiger charge is -2.21. The second-order valence-electron chi connectivity index (χ2n) is 5.60. The van der Waals surface area contributed by atoms with Gasteiger partial charge >= 0.3 is 0 Å². The van der Waals surface area contributed by atoms with Crippen molar-refractivity contribution in [2.45, 2.75) is 38.4 Å². The van der Waals surface area contributed by atoms with Gasteiger partial charge in [-0.3, -0.25) is 4.79 Å². The zero-order chi connectivity index (χ0) is 16.1. The third-order valence-corrected chi connectivity index (χ3v) is 3.81. The summed E-state index contributed by atoms with van der Waals surface area (Å²) in [6.07, 6.45) is 5.25. The van der Waals surface area contributed by atoms with E-state index in [4.69, 9.17) is 9.84 Å². The fraction of sp³-hybridized carbons (Fsp3) is 0.438. The molecule has 1 aliphatic heterocycles. The van der Waals surface area contributed by atoms with E-state index in [-0.39, 0.29) is 18.6 Å². The molecule has 0 saturated carbocycles. The number of amides is 1. The number of ether oxygens (including phenoxy) is 1. The van der Waals surface area contributed by atoms with Crippen LogP contribution in [0, 0.1) is 0 Å². The van der Waals surface area contributed by atoms with E-state index in [0.29, 0.717) is 12.1 Å². The van der Waals surface area contributed by atoms with Crippen LogP contribution in [0.3, 0.4) is 0 Å². The molecule has 0 bridgehead atoms. The van der Waals surface area contributed by atoms with E-state index < -0.39 is 0 Å². The fourth-order valence-electron chi connectivity index (χ4n) is 2.58. The SMILES string of the molecule is O=C(CC1CCCCO1)Nc1ccc(-n2cc(CO)nn2)cc1. The van der Waals surface area contributed by atoms with Crippen LogP contribution >= 0.6 is 0 Å². The molecule has 3 rings (SSSR count). The largest absolute Gasteiger partial charge is 0.390 e. The smallest absolute Gasteiger partial charge is 0.226 e. The maximum Gasteiger partial charge on any atom is 0.226 e. The predicted octanol–water partition coefficient (Wildman–Crippen LogP) is 1.66. The summed E-state index contributed by atoms with van der Waals surface area (Å²) in [5.74, 6) is -0.0343. The van der Waals surface area contributed by atoms with E-state index in [1.165, 1.54) is 0 Å². The van der Waals surface area contributed by atoms with Crippen LogP contribution in [0.15, 0.2) is 30.5 Å². The highest BCUT2D eigenvalue weighted by molar-refractivity contribution is 5.91. The first-order valence-electron chi connectivity index (χ1n) is 7.78. The van der Waals surface area contributed by atoms with E-state index in [1.54, 1.807) is 10.9 Å². The van der Waals surface area contributed by atoms with Crippen LogP contribution in [-0.2, 0) is 16.1 Å². The topological polar surface area (TPSA) is 89.3 Å². The molecule has 0 aliphatic carbocycles. The van der Waals surface area contributed by atoms with Gasteiger partial charge in [0.1, 0.15) is 5.69 Å². The molecule has 1 saturated heterocycles. The summed E-state index contributed by atoms with van der Waals surface area (Å²) in [7, 11) is 0. The van der Waals surface area contributed by atoms with Crippen molar-refractivity contribution in [1.29, 1.82) is 0 Å². The van der Waals surface area contributed by atoms with E-state index >= 15 is 0 Å². The van der Waals surface area contributed by atoms with Crippen LogP contribution in [0.25, 0.3) is 5.69 Å². The third-order valence-electron chi connectivity index (χ3n) is 3.81. The zero-order valence-corrected chi connectivity index (χ0v) is 12.8. The predicted molar refractivity (Wildman–Crippen MR) is 84.1 cm³/mol. The summed E-state index contributed by atoms with van der Waals surface area (Å²) in [4.78, 5) is 12.0. The van der Waals surface area contributed by atoms with Crippen LogP contribution in [-0.4, -0.2) is 38.7 Å². The van der Waals surface area contributed by atoms with Crippen LogP contribution in [0.4, 0.5) is 5.69 Å². The van der Waals surface area contributed by atoms with Crippen molar-refractivity contribution in [3.05, 3.63) is 36.2 Å². The van der Waals surface area contributed by atoms with Crippen molar-refractivity contribution < 1.29 is 14.6 Å². The van der Waals surface area contributed by atoms with Gasteiger partial charge in [-0.2, -0.15) is 0 Å². The van der Waals surface area contributed by atoms with Gasteiger partial charge in [0.05, 0.1) is 31.0 Å². The van der Waals surface area contributed by atoms with Gasteiger partial charge in [0.25, 0.3) is 0 Å². The minimum absolute atomic E-state index is 0.0343. The Morgan fingerprint density at radius 1 is 1.35 bits per heavy atom. The van der Waals surface area contributed by atoms with Gasteiger partial charge < -0.3 is 15.2 Å². The zero-order valence-electron chi connectivity index (χ0n) is 12.8. The number of nitrogens with one attached hydrogen (secondary N) is 1. The minimum atomic E-state index is -0.141. The summed E-state index contributed by atoms with van der Waals surface area (Å²) in [6.45, 7) is 0.609. The molecule has 122 valence electrons. The van der Waals surface area contributed by atoms with Crippen molar-refractivity contribution in [2.75, 3.05) is 11.9 Å². The lowest BCUT2D eigenvalue weighted by molar-refractivity contribution is -0.119. The van der Waals surface area contributed by atoms with Crippen molar-refractivity contribution in [3.63, 3.8) is 0 Å². The molecular weight excluding hydrogens is 296 g/mol. The van der Waals surface area contributed by atoms with Gasteiger partial charge in [-0.15, -0.1) is 5.10 Å². The first-order chi connectivity index (χ1) is 11.2. The van der Waals surface area contributed by atoms with Crippen LogP contribution in [0.1, 0.15) is 31.4 Å². The Balaban J connectivity index is 1.57. The number of aromatic nitrogens is 3. The van der Waals surface area contributed by atoms with Crippen LogP contribution in [0.2, 0.25) is 0 Å². The molecule has 1 fully saturated rings. The molecule has 1 unspecified atom stereocenters. The van der Waals surface area contributed by atoms with Crippen LogP contribution in [0.5, 0.6) is 0 Å². The molecule has 1 aromatic heterocycles. The van der Waals surface area contributed by atoms with Gasteiger partial charge in [0.15, 0.2) is 0 Å². The average Bonchev–Trinajstić information content (AvgIpc) is 3.05. The lowest BCUT2D eigenvalue weighted by Crippen LogP contribution is -2.25. The average molecular weight is 316 g/mol. The number of anilines is 1. The normalized spacial score (nSPS) is 17.9. The molecule has 23 heavy (non-hydrogen) atoms. The maximum atomic E-state index is 12.0. The molecule has 2 aromatic rings. The van der Waals surface area contributed by atoms with Gasteiger partial charge in [-0.05, 0) is 43.5 Å². The summed E-state index contributed by atoms with van der Waals surface area (Å²) in [6, 6.07) is 7.30. The van der Waals surface area contributed by atoms with E-state index in [9.17, 15) is 4.79 Å². The highest BCUT2D eigenvalue weighted by Crippen LogP contribution is 2.17. The highest BCUT2D eigenvalue weighted by Gasteiger charge is 2.17. The molecule has 2 N–H and O–H groups in total. The standard InChI is InChI=1S/C16H20N4O3/c21-11-13-10-20(19-18-13)14-6-4-12(5-7-14)17-16(22)9-15-3-1-2-8-23-15/h4-7,10,15,21H,1-3,8-9,11H2,(H,17,22). The van der Waals surface area contributed by atoms with Crippen LogP contribution < -0.4 is 5.32 Å². The second kappa shape index (κ2) is 7.34. The summed E-state index contributed by atoms with van der Waals surface area (Å²) in [5.41, 5.74) is 2.05. The monoisotopic (exact) mass is 316 g/mol. The summed E-state index contributed by atoms with van der Waals surface area (Å²) >= 11 is 0. The Bertz CT molecular complexity index is 648. The molecule has 1 atom stereocenters. The molecule has 7 heteroatoms. The van der Waals surface area contributed by atoms with Crippen molar-refractivity contribution in [2.24, 2.45) is 0 Å². The lowest BCUT2D eigenvalue weighted by atomic mass is 10.1. The number of carbonyl (C=O) groups excluding carboxylic acids is 1. The molecular formula is C16H20N4O3. The molecule has 1 aliphatic rings. The van der Waals surface area contributed by atoms with Gasteiger partial charge in [-0.1, -0.05) is 5.21 Å². The number of aliphatic hydroxyl groups is 1. The molecule has 1 amide bonds. The maximum absolute atomic E-state index is 12.0. The van der Waals surface area contributed by atoms with Crippen molar-refractivity contribution in [3.8, 4) is 5.69 Å². The summed E-state index contributed by atoms with van der Waals surface area (Å²) in [5, 5.41) is 19.6. The first kappa shape index (κ1) is 15.6. The van der Waals surface area contributed by atoms with E-state index in [1.807, 2.05) is 24.3 Å². The van der Waals surface area contributed by atoms with E-state index in [2.05, 4.69) is 15.6 Å². The molecule has 1 aromatic carbocycles. The van der Waals surface area contributed by atoms with Gasteiger partial charge in [0.2, 0.25) is 5.91 Å². The molecule has 2 heterocycles. The number of rotatable bonds is 5. The van der Waals surface area contributed by atoms with Crippen molar-refractivity contribution >= 4 is 11.6 Å². The summed E-state index contributed by atoms with van der Waals surface area (Å²) < 4.78 is 7.15. The fourth-order valence-corrected chi connectivity index (χ4v) is 2.58. The Kier molecular flexibility index (Phi) is 4.99. The number of hydrogen-bond donors (Lipinski definition) is 2. The second-order valence-corrected chi connectivity index (χ2v) is 5.60. The molecule has 7 nitrogen and oxygen atoms in total. The number of benzene rings is 1. The third kappa shape index (κ3) is 4.14. The van der Waals surface area contributed by atoms with Gasteiger partial charge in [-0.25, -0.2) is 4.68 Å². The Hall–Kier alpha value is -2.25.